The Morgan fingerprint density at radius 1 is 1.06 bits per heavy atom. The summed E-state index contributed by atoms with van der Waals surface area (Å²) in [7, 11) is -3.54. The van der Waals surface area contributed by atoms with Crippen LogP contribution in [0.1, 0.15) is 80.0 Å². The van der Waals surface area contributed by atoms with E-state index in [1.165, 1.54) is 0 Å². The molecule has 5 fully saturated rings. The SMILES string of the molecule is O=C(NC1C[C@H]2CC[C@@H](C1)N2S(=O)(=O)N1CC2CCC(C1)N2CCCO)c1cc(C2CC2)on1. The molecule has 4 saturated heterocycles. The molecular formula is C23H35N5O5S. The Bertz CT molecular complexity index is 999. The van der Waals surface area contributed by atoms with Crippen LogP contribution in [0.3, 0.4) is 0 Å². The van der Waals surface area contributed by atoms with Crippen molar-refractivity contribution in [3.05, 3.63) is 17.5 Å². The molecule has 4 bridgehead atoms. The fraction of sp³-hybridized carbons (Fsp3) is 0.826. The van der Waals surface area contributed by atoms with Gasteiger partial charge in [0.1, 0.15) is 5.76 Å². The van der Waals surface area contributed by atoms with E-state index in [0.717, 1.165) is 57.3 Å². The molecule has 11 heteroatoms. The summed E-state index contributed by atoms with van der Waals surface area (Å²) in [5.74, 6) is 0.966. The van der Waals surface area contributed by atoms with Crippen LogP contribution in [0, 0.1) is 0 Å². The van der Waals surface area contributed by atoms with E-state index in [0.29, 0.717) is 37.5 Å². The lowest BCUT2D eigenvalue weighted by atomic mass is 9.99. The van der Waals surface area contributed by atoms with Gasteiger partial charge < -0.3 is 14.9 Å². The van der Waals surface area contributed by atoms with Crippen molar-refractivity contribution in [2.45, 2.75) is 93.9 Å². The molecular weight excluding hydrogens is 458 g/mol. The summed E-state index contributed by atoms with van der Waals surface area (Å²) >= 11 is 0. The van der Waals surface area contributed by atoms with Gasteiger partial charge in [-0.25, -0.2) is 0 Å². The number of fused-ring (bicyclic) bond motifs is 4. The largest absolute Gasteiger partial charge is 0.396 e. The average Bonchev–Trinajstić information content (AvgIpc) is 3.40. The number of carbonyl (C=O) groups excluding carboxylic acids is 1. The van der Waals surface area contributed by atoms with E-state index in [1.807, 2.05) is 0 Å². The fourth-order valence-electron chi connectivity index (χ4n) is 6.74. The summed E-state index contributed by atoms with van der Waals surface area (Å²) in [6.45, 7) is 2.08. The van der Waals surface area contributed by atoms with Gasteiger partial charge in [0.05, 0.1) is 0 Å². The zero-order valence-electron chi connectivity index (χ0n) is 19.5. The highest BCUT2D eigenvalue weighted by Gasteiger charge is 2.51. The van der Waals surface area contributed by atoms with Gasteiger partial charge >= 0.3 is 0 Å². The second-order valence-corrected chi connectivity index (χ2v) is 12.6. The van der Waals surface area contributed by atoms with Gasteiger partial charge in [-0.2, -0.15) is 17.0 Å². The number of aromatic nitrogens is 1. The molecule has 5 atom stereocenters. The van der Waals surface area contributed by atoms with Crippen LogP contribution in [0.4, 0.5) is 0 Å². The van der Waals surface area contributed by atoms with E-state index in [9.17, 15) is 18.3 Å². The number of aliphatic hydroxyl groups is 1. The zero-order chi connectivity index (χ0) is 23.4. The van der Waals surface area contributed by atoms with Gasteiger partial charge in [0.15, 0.2) is 5.69 Å². The minimum Gasteiger partial charge on any atom is -0.396 e. The number of piperidine rings is 1. The number of hydrogen-bond donors (Lipinski definition) is 2. The van der Waals surface area contributed by atoms with E-state index in [4.69, 9.17) is 4.52 Å². The average molecular weight is 494 g/mol. The normalized spacial score (nSPS) is 34.6. The Morgan fingerprint density at radius 2 is 1.71 bits per heavy atom. The first-order valence-corrected chi connectivity index (χ1v) is 14.3. The smallest absolute Gasteiger partial charge is 0.282 e. The molecule has 10 nitrogen and oxygen atoms in total. The van der Waals surface area contributed by atoms with E-state index in [1.54, 1.807) is 14.7 Å². The molecule has 0 spiro atoms. The molecule has 6 rings (SSSR count). The van der Waals surface area contributed by atoms with Gasteiger partial charge in [0.25, 0.3) is 16.1 Å². The molecule has 1 aromatic rings. The van der Waals surface area contributed by atoms with Crippen molar-refractivity contribution < 1.29 is 22.8 Å². The zero-order valence-corrected chi connectivity index (χ0v) is 20.3. The highest BCUT2D eigenvalue weighted by atomic mass is 32.2. The maximum Gasteiger partial charge on any atom is 0.282 e. The molecule has 3 unspecified atom stereocenters. The number of piperazine rings is 1. The summed E-state index contributed by atoms with van der Waals surface area (Å²) in [6, 6.07) is 2.05. The Balaban J connectivity index is 1.09. The number of nitrogens with zero attached hydrogens (tertiary/aromatic N) is 4. The highest BCUT2D eigenvalue weighted by molar-refractivity contribution is 7.86. The topological polar surface area (TPSA) is 119 Å². The van der Waals surface area contributed by atoms with Crippen molar-refractivity contribution in [1.82, 2.24) is 24.0 Å². The van der Waals surface area contributed by atoms with Crippen LogP contribution < -0.4 is 5.32 Å². The Kier molecular flexibility index (Phi) is 5.96. The van der Waals surface area contributed by atoms with Crippen molar-refractivity contribution in [3.8, 4) is 0 Å². The molecule has 0 aromatic carbocycles. The molecule has 0 radical (unpaired) electrons. The van der Waals surface area contributed by atoms with Crippen molar-refractivity contribution in [2.24, 2.45) is 0 Å². The van der Waals surface area contributed by atoms with Gasteiger partial charge in [-0.05, 0) is 57.8 Å². The molecule has 1 saturated carbocycles. The van der Waals surface area contributed by atoms with Crippen LogP contribution in [0.25, 0.3) is 0 Å². The van der Waals surface area contributed by atoms with Gasteiger partial charge in [-0.15, -0.1) is 0 Å². The summed E-state index contributed by atoms with van der Waals surface area (Å²) in [5.41, 5.74) is 0.318. The minimum absolute atomic E-state index is 0.0518. The number of aliphatic hydroxyl groups excluding tert-OH is 1. The van der Waals surface area contributed by atoms with E-state index < -0.39 is 10.2 Å². The fourth-order valence-corrected chi connectivity index (χ4v) is 8.86. The highest BCUT2D eigenvalue weighted by Crippen LogP contribution is 2.42. The molecule has 34 heavy (non-hydrogen) atoms. The number of rotatable bonds is 8. The molecule has 5 heterocycles. The second-order valence-electron chi connectivity index (χ2n) is 10.8. The first kappa shape index (κ1) is 22.9. The molecule has 2 N–H and O–H groups in total. The lowest BCUT2D eigenvalue weighted by Crippen LogP contribution is -2.61. The van der Waals surface area contributed by atoms with Crippen LogP contribution in [0.15, 0.2) is 10.6 Å². The summed E-state index contributed by atoms with van der Waals surface area (Å²) in [5, 5.41) is 16.2. The van der Waals surface area contributed by atoms with Gasteiger partial charge in [-0.3, -0.25) is 9.69 Å². The van der Waals surface area contributed by atoms with E-state index in [2.05, 4.69) is 15.4 Å². The Morgan fingerprint density at radius 3 is 2.32 bits per heavy atom. The number of amides is 1. The molecule has 1 aromatic heterocycles. The molecule has 1 amide bonds. The molecule has 4 aliphatic heterocycles. The van der Waals surface area contributed by atoms with E-state index in [-0.39, 0.29) is 42.7 Å². The van der Waals surface area contributed by atoms with Crippen LogP contribution in [0.2, 0.25) is 0 Å². The third-order valence-electron chi connectivity index (χ3n) is 8.51. The van der Waals surface area contributed by atoms with Crippen LogP contribution in [-0.4, -0.2) is 94.5 Å². The Labute approximate surface area is 200 Å². The third kappa shape index (κ3) is 4.09. The monoisotopic (exact) mass is 493 g/mol. The Hall–Kier alpha value is -1.53. The van der Waals surface area contributed by atoms with Crippen molar-refractivity contribution in [3.63, 3.8) is 0 Å². The van der Waals surface area contributed by atoms with Crippen molar-refractivity contribution >= 4 is 16.1 Å². The lowest BCUT2D eigenvalue weighted by Gasteiger charge is -2.45. The summed E-state index contributed by atoms with van der Waals surface area (Å²) in [4.78, 5) is 15.1. The van der Waals surface area contributed by atoms with Gasteiger partial charge in [-0.1, -0.05) is 5.16 Å². The van der Waals surface area contributed by atoms with Crippen LogP contribution >= 0.6 is 0 Å². The third-order valence-corrected chi connectivity index (χ3v) is 10.6. The minimum atomic E-state index is -3.54. The molecule has 188 valence electrons. The number of nitrogens with one attached hydrogen (secondary N) is 1. The number of carbonyl (C=O) groups is 1. The van der Waals surface area contributed by atoms with E-state index >= 15 is 0 Å². The maximum atomic E-state index is 13.7. The van der Waals surface area contributed by atoms with Crippen molar-refractivity contribution in [1.29, 1.82) is 0 Å². The van der Waals surface area contributed by atoms with Gasteiger partial charge in [0, 0.05) is 68.4 Å². The molecule has 1 aliphatic carbocycles. The maximum absolute atomic E-state index is 13.7. The summed E-state index contributed by atoms with van der Waals surface area (Å²) < 4.78 is 36.3. The lowest BCUT2D eigenvalue weighted by molar-refractivity contribution is 0.0869. The first-order valence-electron chi connectivity index (χ1n) is 12.9. The molecule has 5 aliphatic rings. The van der Waals surface area contributed by atoms with Gasteiger partial charge in [0.2, 0.25) is 0 Å². The number of hydrogen-bond acceptors (Lipinski definition) is 7. The quantitative estimate of drug-likeness (QED) is 0.556. The van der Waals surface area contributed by atoms with Crippen molar-refractivity contribution in [2.75, 3.05) is 26.2 Å². The summed E-state index contributed by atoms with van der Waals surface area (Å²) in [6.07, 6.45) is 7.92. The first-order chi connectivity index (χ1) is 16.4. The second kappa shape index (κ2) is 8.85. The standard InChI is InChI=1S/C23H35N5O5S/c29-9-1-8-27-19-6-7-20(27)14-26(13-19)34(31,32)28-17-4-5-18(28)11-16(10-17)24-23(30)21-12-22(33-25-21)15-2-3-15/h12,15-20,29H,1-11,13-14H2,(H,24,30)/t16?,17-,18+,19?,20?. The predicted octanol–water partition coefficient (Wildman–Crippen LogP) is 1.05. The van der Waals surface area contributed by atoms with Crippen LogP contribution in [0.5, 0.6) is 0 Å². The van der Waals surface area contributed by atoms with Crippen LogP contribution in [-0.2, 0) is 10.2 Å². The predicted molar refractivity (Wildman–Crippen MR) is 123 cm³/mol.